The first-order chi connectivity index (χ1) is 14.6. The fraction of sp³-hybridized carbons (Fsp3) is 0.174. The summed E-state index contributed by atoms with van der Waals surface area (Å²) in [5.41, 5.74) is 4.08. The highest BCUT2D eigenvalue weighted by Crippen LogP contribution is 2.27. The molecule has 0 aliphatic heterocycles. The second-order valence-corrected chi connectivity index (χ2v) is 7.77. The molecule has 0 saturated carbocycles. The average Bonchev–Trinajstić information content (AvgIpc) is 3.11. The number of hydrogen-bond acceptors (Lipinski definition) is 4. The molecule has 2 heterocycles. The SMILES string of the molecule is CCc1ccc(NC(=O)Cn2c(SCc3ccccc3F)nc3ccncc32)cc1. The van der Waals surface area contributed by atoms with Gasteiger partial charge in [0.05, 0.1) is 17.2 Å². The normalized spacial score (nSPS) is 11.0. The van der Waals surface area contributed by atoms with Gasteiger partial charge in [0, 0.05) is 17.6 Å². The van der Waals surface area contributed by atoms with Crippen LogP contribution >= 0.6 is 11.8 Å². The van der Waals surface area contributed by atoms with Gasteiger partial charge < -0.3 is 9.88 Å². The van der Waals surface area contributed by atoms with Crippen LogP contribution in [-0.2, 0) is 23.5 Å². The smallest absolute Gasteiger partial charge is 0.244 e. The van der Waals surface area contributed by atoms with E-state index >= 15 is 0 Å². The summed E-state index contributed by atoms with van der Waals surface area (Å²) >= 11 is 1.40. The number of nitrogens with one attached hydrogen (secondary N) is 1. The number of carbonyl (C=O) groups is 1. The van der Waals surface area contributed by atoms with Crippen LogP contribution in [0.1, 0.15) is 18.1 Å². The molecule has 5 nitrogen and oxygen atoms in total. The van der Waals surface area contributed by atoms with Gasteiger partial charge in [-0.1, -0.05) is 49.0 Å². The van der Waals surface area contributed by atoms with Gasteiger partial charge in [-0.2, -0.15) is 0 Å². The van der Waals surface area contributed by atoms with E-state index in [9.17, 15) is 9.18 Å². The number of carbonyl (C=O) groups excluding carboxylic acids is 1. The Morgan fingerprint density at radius 2 is 1.93 bits per heavy atom. The van der Waals surface area contributed by atoms with Crippen molar-refractivity contribution in [2.75, 3.05) is 5.32 Å². The summed E-state index contributed by atoms with van der Waals surface area (Å²) < 4.78 is 15.8. The molecule has 7 heteroatoms. The number of rotatable bonds is 7. The number of halogens is 1. The molecule has 4 rings (SSSR count). The summed E-state index contributed by atoms with van der Waals surface area (Å²) in [4.78, 5) is 21.5. The number of aromatic nitrogens is 3. The molecule has 1 amide bonds. The lowest BCUT2D eigenvalue weighted by molar-refractivity contribution is -0.116. The number of pyridine rings is 1. The molecule has 0 aliphatic rings. The van der Waals surface area contributed by atoms with Gasteiger partial charge in [0.1, 0.15) is 12.4 Å². The minimum atomic E-state index is -0.248. The van der Waals surface area contributed by atoms with Gasteiger partial charge in [0.15, 0.2) is 5.16 Å². The number of hydrogen-bond donors (Lipinski definition) is 1. The fourth-order valence-electron chi connectivity index (χ4n) is 3.14. The van der Waals surface area contributed by atoms with Crippen LogP contribution in [0, 0.1) is 5.82 Å². The maximum absolute atomic E-state index is 14.0. The number of anilines is 1. The molecule has 0 bridgehead atoms. The van der Waals surface area contributed by atoms with E-state index in [-0.39, 0.29) is 18.3 Å². The van der Waals surface area contributed by atoms with Gasteiger partial charge in [0.2, 0.25) is 5.91 Å². The van der Waals surface area contributed by atoms with Crippen LogP contribution in [0.15, 0.2) is 72.1 Å². The van der Waals surface area contributed by atoms with Crippen LogP contribution < -0.4 is 5.32 Å². The van der Waals surface area contributed by atoms with Crippen molar-refractivity contribution >= 4 is 34.4 Å². The minimum Gasteiger partial charge on any atom is -0.325 e. The van der Waals surface area contributed by atoms with Crippen molar-refractivity contribution in [1.82, 2.24) is 14.5 Å². The predicted molar refractivity (Wildman–Crippen MR) is 118 cm³/mol. The molecular formula is C23H21FN4OS. The monoisotopic (exact) mass is 420 g/mol. The summed E-state index contributed by atoms with van der Waals surface area (Å²) in [6, 6.07) is 16.3. The van der Waals surface area contributed by atoms with E-state index in [0.29, 0.717) is 16.5 Å². The molecule has 4 aromatic rings. The van der Waals surface area contributed by atoms with E-state index in [1.807, 2.05) is 34.9 Å². The van der Waals surface area contributed by atoms with Crippen molar-refractivity contribution in [2.45, 2.75) is 30.8 Å². The summed E-state index contributed by atoms with van der Waals surface area (Å²) in [5.74, 6) is 0.0153. The van der Waals surface area contributed by atoms with Gasteiger partial charge in [-0.15, -0.1) is 0 Å². The maximum atomic E-state index is 14.0. The first-order valence-electron chi connectivity index (χ1n) is 9.69. The highest BCUT2D eigenvalue weighted by atomic mass is 32.2. The zero-order valence-corrected chi connectivity index (χ0v) is 17.3. The highest BCUT2D eigenvalue weighted by Gasteiger charge is 2.15. The molecule has 2 aromatic heterocycles. The third kappa shape index (κ3) is 4.52. The topological polar surface area (TPSA) is 59.8 Å². The van der Waals surface area contributed by atoms with Gasteiger partial charge in [-0.3, -0.25) is 9.78 Å². The summed E-state index contributed by atoms with van der Waals surface area (Å²) in [5, 5.41) is 3.58. The number of aryl methyl sites for hydroxylation is 1. The number of amides is 1. The average molecular weight is 421 g/mol. The van der Waals surface area contributed by atoms with Crippen molar-refractivity contribution < 1.29 is 9.18 Å². The summed E-state index contributed by atoms with van der Waals surface area (Å²) in [6.07, 6.45) is 4.31. The molecule has 1 N–H and O–H groups in total. The van der Waals surface area contributed by atoms with Crippen molar-refractivity contribution in [1.29, 1.82) is 0 Å². The van der Waals surface area contributed by atoms with Gasteiger partial charge in [0.25, 0.3) is 0 Å². The van der Waals surface area contributed by atoms with Crippen LogP contribution in [0.3, 0.4) is 0 Å². The number of nitrogens with zero attached hydrogens (tertiary/aromatic N) is 3. The molecule has 30 heavy (non-hydrogen) atoms. The first-order valence-corrected chi connectivity index (χ1v) is 10.7. The Kier molecular flexibility index (Phi) is 6.09. The van der Waals surface area contributed by atoms with E-state index in [0.717, 1.165) is 23.1 Å². The van der Waals surface area contributed by atoms with Crippen molar-refractivity contribution in [3.05, 3.63) is 83.9 Å². The van der Waals surface area contributed by atoms with Crippen molar-refractivity contribution in [3.63, 3.8) is 0 Å². The van der Waals surface area contributed by atoms with Crippen LogP contribution in [0.4, 0.5) is 10.1 Å². The number of benzene rings is 2. The Morgan fingerprint density at radius 3 is 2.70 bits per heavy atom. The number of imidazole rings is 1. The van der Waals surface area contributed by atoms with Crippen LogP contribution in [0.5, 0.6) is 0 Å². The Balaban J connectivity index is 1.55. The molecule has 152 valence electrons. The Bertz CT molecular complexity index is 1170. The van der Waals surface area contributed by atoms with Crippen LogP contribution in [0.2, 0.25) is 0 Å². The zero-order chi connectivity index (χ0) is 20.9. The van der Waals surface area contributed by atoms with Gasteiger partial charge in [-0.05, 0) is 41.8 Å². The van der Waals surface area contributed by atoms with Crippen molar-refractivity contribution in [3.8, 4) is 0 Å². The molecule has 0 atom stereocenters. The van der Waals surface area contributed by atoms with Crippen LogP contribution in [-0.4, -0.2) is 20.4 Å². The number of thioether (sulfide) groups is 1. The quantitative estimate of drug-likeness (QED) is 0.425. The standard InChI is InChI=1S/C23H21FN4OS/c1-2-16-7-9-18(10-8-16)26-22(29)14-28-21-13-25-12-11-20(21)27-23(28)30-15-17-5-3-4-6-19(17)24/h3-13H,2,14-15H2,1H3,(H,26,29). The minimum absolute atomic E-state index is 0.0946. The molecular weight excluding hydrogens is 399 g/mol. The largest absolute Gasteiger partial charge is 0.325 e. The Morgan fingerprint density at radius 1 is 1.13 bits per heavy atom. The Hall–Kier alpha value is -3.19. The molecule has 0 aliphatic carbocycles. The zero-order valence-electron chi connectivity index (χ0n) is 16.5. The third-order valence-electron chi connectivity index (χ3n) is 4.78. The van der Waals surface area contributed by atoms with Gasteiger partial charge in [-0.25, -0.2) is 9.37 Å². The van der Waals surface area contributed by atoms with E-state index in [1.165, 1.54) is 23.4 Å². The lowest BCUT2D eigenvalue weighted by Crippen LogP contribution is -2.19. The lowest BCUT2D eigenvalue weighted by atomic mass is 10.1. The van der Waals surface area contributed by atoms with Gasteiger partial charge >= 0.3 is 0 Å². The second kappa shape index (κ2) is 9.09. The molecule has 0 saturated heterocycles. The van der Waals surface area contributed by atoms with Crippen molar-refractivity contribution in [2.24, 2.45) is 0 Å². The fourth-order valence-corrected chi connectivity index (χ4v) is 4.14. The summed E-state index contributed by atoms with van der Waals surface area (Å²) in [6.45, 7) is 2.18. The third-order valence-corrected chi connectivity index (χ3v) is 5.80. The molecule has 0 radical (unpaired) electrons. The van der Waals surface area contributed by atoms with E-state index in [1.54, 1.807) is 30.6 Å². The second-order valence-electron chi connectivity index (χ2n) is 6.82. The predicted octanol–water partition coefficient (Wildman–Crippen LogP) is 5.06. The lowest BCUT2D eigenvalue weighted by Gasteiger charge is -2.10. The molecule has 0 spiro atoms. The molecule has 0 fully saturated rings. The van der Waals surface area contributed by atoms with E-state index < -0.39 is 0 Å². The summed E-state index contributed by atoms with van der Waals surface area (Å²) in [7, 11) is 0. The van der Waals surface area contributed by atoms with E-state index in [2.05, 4.69) is 22.2 Å². The highest BCUT2D eigenvalue weighted by molar-refractivity contribution is 7.98. The number of fused-ring (bicyclic) bond motifs is 1. The molecule has 0 unspecified atom stereocenters. The Labute approximate surface area is 178 Å². The maximum Gasteiger partial charge on any atom is 0.244 e. The van der Waals surface area contributed by atoms with Crippen LogP contribution in [0.25, 0.3) is 11.0 Å². The molecule has 2 aromatic carbocycles. The first kappa shape index (κ1) is 20.1. The van der Waals surface area contributed by atoms with E-state index in [4.69, 9.17) is 0 Å².